The molecule has 0 spiro atoms. The third kappa shape index (κ3) is 5.37. The molecule has 0 bridgehead atoms. The number of carboxylic acids is 1. The van der Waals surface area contributed by atoms with Gasteiger partial charge in [-0.3, -0.25) is 19.5 Å². The molecule has 0 unspecified atom stereocenters. The summed E-state index contributed by atoms with van der Waals surface area (Å²) in [4.78, 5) is 46.2. The van der Waals surface area contributed by atoms with Crippen molar-refractivity contribution < 1.29 is 41.9 Å². The lowest BCUT2D eigenvalue weighted by Crippen LogP contribution is -2.41. The maximum Gasteiger partial charge on any atom is 0.431 e. The topological polar surface area (TPSA) is 143 Å². The lowest BCUT2D eigenvalue weighted by Gasteiger charge is -2.16. The van der Waals surface area contributed by atoms with E-state index in [0.29, 0.717) is 23.7 Å². The largest absolute Gasteiger partial charge is 0.479 e. The summed E-state index contributed by atoms with van der Waals surface area (Å²) in [5.41, 5.74) is -6.64. The lowest BCUT2D eigenvalue weighted by molar-refractivity contribution is -0.385. The van der Waals surface area contributed by atoms with Crippen molar-refractivity contribution in [1.82, 2.24) is 9.13 Å². The Bertz CT molecular complexity index is 1500. The van der Waals surface area contributed by atoms with Crippen LogP contribution in [0.15, 0.2) is 50.5 Å². The normalized spacial score (nSPS) is 11.3. The van der Waals surface area contributed by atoms with Crippen LogP contribution in [0.2, 0.25) is 0 Å². The van der Waals surface area contributed by atoms with Gasteiger partial charge in [-0.15, -0.1) is 0 Å². The van der Waals surface area contributed by atoms with Crippen LogP contribution in [-0.4, -0.2) is 31.7 Å². The van der Waals surface area contributed by atoms with Crippen LogP contribution in [0.5, 0.6) is 17.2 Å². The number of rotatable bonds is 7. The van der Waals surface area contributed by atoms with Crippen LogP contribution in [0.4, 0.5) is 23.2 Å². The highest BCUT2D eigenvalue weighted by Gasteiger charge is 2.35. The fourth-order valence-corrected chi connectivity index (χ4v) is 3.33. The number of aromatic nitrogens is 2. The summed E-state index contributed by atoms with van der Waals surface area (Å²) >= 11 is 3.12. The fraction of sp³-hybridized carbons (Fsp3) is 0.150. The van der Waals surface area contributed by atoms with E-state index in [1.165, 1.54) is 18.2 Å². The molecule has 0 saturated carbocycles. The number of halogens is 5. The summed E-state index contributed by atoms with van der Waals surface area (Å²) < 4.78 is 65.2. The molecule has 3 aromatic rings. The molecule has 190 valence electrons. The second kappa shape index (κ2) is 9.80. The highest BCUT2D eigenvalue weighted by atomic mass is 79.9. The molecule has 3 rings (SSSR count). The van der Waals surface area contributed by atoms with Gasteiger partial charge in [-0.05, 0) is 18.2 Å². The summed E-state index contributed by atoms with van der Waals surface area (Å²) in [5, 5.41) is 20.3. The Balaban J connectivity index is 2.23. The van der Waals surface area contributed by atoms with Gasteiger partial charge in [0, 0.05) is 23.7 Å². The van der Waals surface area contributed by atoms with Crippen molar-refractivity contribution in [2.75, 3.05) is 6.61 Å². The van der Waals surface area contributed by atoms with Gasteiger partial charge in [0.2, 0.25) is 5.75 Å². The van der Waals surface area contributed by atoms with Crippen LogP contribution >= 0.6 is 15.9 Å². The zero-order chi connectivity index (χ0) is 26.9. The van der Waals surface area contributed by atoms with Gasteiger partial charge in [-0.2, -0.15) is 13.2 Å². The van der Waals surface area contributed by atoms with Crippen molar-refractivity contribution in [3.05, 3.63) is 83.3 Å². The molecule has 2 aromatic carbocycles. The second-order valence-corrected chi connectivity index (χ2v) is 7.86. The average Bonchev–Trinajstić information content (AvgIpc) is 2.76. The minimum Gasteiger partial charge on any atom is -0.479 e. The quantitative estimate of drug-likeness (QED) is 0.255. The number of carbonyl (C=O) groups is 1. The van der Waals surface area contributed by atoms with Gasteiger partial charge in [0.1, 0.15) is 5.69 Å². The Kier molecular flexibility index (Phi) is 7.19. The van der Waals surface area contributed by atoms with E-state index in [-0.39, 0.29) is 26.7 Å². The number of hydrogen-bond acceptors (Lipinski definition) is 7. The molecule has 11 nitrogen and oxygen atoms in total. The summed E-state index contributed by atoms with van der Waals surface area (Å²) in [6, 6.07) is 4.87. The van der Waals surface area contributed by atoms with Gasteiger partial charge in [0.15, 0.2) is 23.9 Å². The number of nitro groups is 1. The van der Waals surface area contributed by atoms with Crippen molar-refractivity contribution in [3.8, 4) is 22.9 Å². The fourth-order valence-electron chi connectivity index (χ4n) is 2.99. The van der Waals surface area contributed by atoms with Crippen LogP contribution < -0.4 is 20.7 Å². The first kappa shape index (κ1) is 26.4. The minimum atomic E-state index is -5.07. The number of nitro benzene ring substituents is 1. The van der Waals surface area contributed by atoms with E-state index in [4.69, 9.17) is 14.6 Å². The molecule has 1 aromatic heterocycles. The number of hydrogen-bond donors (Lipinski definition) is 1. The Morgan fingerprint density at radius 1 is 1.14 bits per heavy atom. The molecule has 0 aliphatic heterocycles. The predicted octanol–water partition coefficient (Wildman–Crippen LogP) is 3.62. The molecule has 16 heteroatoms. The van der Waals surface area contributed by atoms with E-state index < -0.39 is 63.6 Å². The van der Waals surface area contributed by atoms with E-state index in [9.17, 15) is 42.1 Å². The monoisotopic (exact) mass is 577 g/mol. The number of aliphatic carboxylic acids is 1. The lowest BCUT2D eigenvalue weighted by atomic mass is 10.2. The third-order valence-electron chi connectivity index (χ3n) is 4.55. The van der Waals surface area contributed by atoms with Crippen LogP contribution in [-0.2, 0) is 18.0 Å². The number of alkyl halides is 3. The molecule has 0 amide bonds. The summed E-state index contributed by atoms with van der Waals surface area (Å²) in [6.45, 7) is -0.814. The number of carboxylic acid groups (broad SMARTS) is 1. The first-order chi connectivity index (χ1) is 16.7. The third-order valence-corrected chi connectivity index (χ3v) is 5.05. The molecule has 0 aliphatic carbocycles. The van der Waals surface area contributed by atoms with Crippen LogP contribution in [0, 0.1) is 15.9 Å². The van der Waals surface area contributed by atoms with Crippen molar-refractivity contribution >= 4 is 27.6 Å². The highest BCUT2D eigenvalue weighted by molar-refractivity contribution is 9.10. The van der Waals surface area contributed by atoms with Crippen molar-refractivity contribution in [3.63, 3.8) is 0 Å². The molecule has 0 saturated heterocycles. The van der Waals surface area contributed by atoms with E-state index in [2.05, 4.69) is 15.9 Å². The summed E-state index contributed by atoms with van der Waals surface area (Å²) in [7, 11) is 0.704. The molecule has 0 radical (unpaired) electrons. The Morgan fingerprint density at radius 2 is 1.81 bits per heavy atom. The van der Waals surface area contributed by atoms with Gasteiger partial charge < -0.3 is 14.6 Å². The molecule has 36 heavy (non-hydrogen) atoms. The van der Waals surface area contributed by atoms with Gasteiger partial charge in [-0.1, -0.05) is 15.9 Å². The first-order valence-corrected chi connectivity index (χ1v) is 10.2. The number of benzene rings is 2. The summed E-state index contributed by atoms with van der Waals surface area (Å²) in [6.07, 6.45) is -5.07. The predicted molar refractivity (Wildman–Crippen MR) is 116 cm³/mol. The van der Waals surface area contributed by atoms with Gasteiger partial charge in [-0.25, -0.2) is 18.5 Å². The van der Waals surface area contributed by atoms with E-state index >= 15 is 0 Å². The average molecular weight is 578 g/mol. The van der Waals surface area contributed by atoms with Crippen molar-refractivity contribution in [2.45, 2.75) is 6.18 Å². The standard InChI is InChI=1S/C20H12BrF4N3O8/c1-26-16(20(23,24)25)7-17(29)27(19(26)32)11-6-14(12(28(33)34)5-10(11)22)36-15-4-9(21)2-3-13(15)35-8-18(30)31/h2-7H,8H2,1H3,(H,30,31). The molecular weight excluding hydrogens is 566 g/mol. The molecule has 0 aliphatic rings. The van der Waals surface area contributed by atoms with Crippen LogP contribution in [0.3, 0.4) is 0 Å². The van der Waals surface area contributed by atoms with Crippen LogP contribution in [0.25, 0.3) is 5.69 Å². The number of ether oxygens (including phenoxy) is 2. The number of nitrogens with zero attached hydrogens (tertiary/aromatic N) is 3. The minimum absolute atomic E-state index is 0.0455. The van der Waals surface area contributed by atoms with Crippen LogP contribution in [0.1, 0.15) is 5.69 Å². The zero-order valence-corrected chi connectivity index (χ0v) is 19.3. The molecular formula is C20H12BrF4N3O8. The SMILES string of the molecule is Cn1c(C(F)(F)F)cc(=O)n(-c2cc(Oc3cc(Br)ccc3OCC(=O)O)c([N+](=O)[O-])cc2F)c1=O. The molecule has 1 N–H and O–H groups in total. The van der Waals surface area contributed by atoms with Crippen molar-refractivity contribution in [2.24, 2.45) is 7.05 Å². The summed E-state index contributed by atoms with van der Waals surface area (Å²) in [5.74, 6) is -4.04. The second-order valence-electron chi connectivity index (χ2n) is 6.95. The van der Waals surface area contributed by atoms with Gasteiger partial charge in [0.05, 0.1) is 16.7 Å². The maximum atomic E-state index is 14.8. The Hall–Kier alpha value is -4.21. The van der Waals surface area contributed by atoms with E-state index in [1.54, 1.807) is 0 Å². The van der Waals surface area contributed by atoms with Crippen molar-refractivity contribution in [1.29, 1.82) is 0 Å². The smallest absolute Gasteiger partial charge is 0.431 e. The maximum absolute atomic E-state index is 14.8. The zero-order valence-electron chi connectivity index (χ0n) is 17.7. The van der Waals surface area contributed by atoms with E-state index in [1.807, 2.05) is 0 Å². The first-order valence-electron chi connectivity index (χ1n) is 9.41. The highest BCUT2D eigenvalue weighted by Crippen LogP contribution is 2.39. The van der Waals surface area contributed by atoms with Gasteiger partial charge in [0.25, 0.3) is 5.56 Å². The Morgan fingerprint density at radius 3 is 2.39 bits per heavy atom. The van der Waals surface area contributed by atoms with E-state index in [0.717, 1.165) is 0 Å². The molecule has 0 fully saturated rings. The molecule has 0 atom stereocenters. The van der Waals surface area contributed by atoms with Gasteiger partial charge >= 0.3 is 23.5 Å². The molecule has 1 heterocycles. The Labute approximate surface area is 205 Å².